The summed E-state index contributed by atoms with van der Waals surface area (Å²) in [4.78, 5) is 1.50. The summed E-state index contributed by atoms with van der Waals surface area (Å²) in [5, 5.41) is 15.5. The number of hydrogen-bond acceptors (Lipinski definition) is 4. The molecule has 0 spiro atoms. The first-order valence-electron chi connectivity index (χ1n) is 6.22. The molecule has 0 saturated heterocycles. The Hall–Kier alpha value is -0.970. The van der Waals surface area contributed by atoms with Gasteiger partial charge >= 0.3 is 0 Å². The zero-order chi connectivity index (χ0) is 11.4. The Labute approximate surface area is 96.6 Å². The molecule has 0 aliphatic heterocycles. The van der Waals surface area contributed by atoms with Gasteiger partial charge in [-0.15, -0.1) is 10.2 Å². The predicted octanol–water partition coefficient (Wildman–Crippen LogP) is 1.27. The zero-order valence-corrected chi connectivity index (χ0v) is 10.2. The lowest BCUT2D eigenvalue weighted by Gasteiger charge is -2.28. The van der Waals surface area contributed by atoms with Crippen LogP contribution in [0.15, 0.2) is 0 Å². The highest BCUT2D eigenvalue weighted by Gasteiger charge is 2.19. The van der Waals surface area contributed by atoms with Crippen LogP contribution >= 0.6 is 0 Å². The van der Waals surface area contributed by atoms with Gasteiger partial charge in [0, 0.05) is 6.04 Å². The van der Waals surface area contributed by atoms with Crippen LogP contribution in [-0.4, -0.2) is 26.2 Å². The monoisotopic (exact) mass is 223 g/mol. The van der Waals surface area contributed by atoms with Crippen molar-refractivity contribution in [1.29, 1.82) is 0 Å². The molecule has 1 N–H and O–H groups in total. The number of rotatable bonds is 4. The first-order chi connectivity index (χ1) is 7.75. The highest BCUT2D eigenvalue weighted by Crippen LogP contribution is 2.26. The number of hydrogen-bond donors (Lipinski definition) is 1. The van der Waals surface area contributed by atoms with Gasteiger partial charge in [0.05, 0.1) is 13.6 Å². The fourth-order valence-electron chi connectivity index (χ4n) is 2.45. The minimum Gasteiger partial charge on any atom is -0.307 e. The summed E-state index contributed by atoms with van der Waals surface area (Å²) in [7, 11) is 1.79. The fourth-order valence-corrected chi connectivity index (χ4v) is 2.45. The molecular formula is C11H21N5. The van der Waals surface area contributed by atoms with E-state index in [2.05, 4.69) is 27.7 Å². The molecule has 2 rings (SSSR count). The normalized spacial score (nSPS) is 19.9. The molecule has 1 fully saturated rings. The van der Waals surface area contributed by atoms with Crippen molar-refractivity contribution in [1.82, 2.24) is 25.5 Å². The van der Waals surface area contributed by atoms with Crippen molar-refractivity contribution in [3.05, 3.63) is 5.82 Å². The van der Waals surface area contributed by atoms with Crippen molar-refractivity contribution in [2.75, 3.05) is 0 Å². The van der Waals surface area contributed by atoms with E-state index in [1.807, 2.05) is 0 Å². The summed E-state index contributed by atoms with van der Waals surface area (Å²) in [5.41, 5.74) is 0. The Balaban J connectivity index is 1.76. The van der Waals surface area contributed by atoms with E-state index in [0.29, 0.717) is 6.04 Å². The van der Waals surface area contributed by atoms with Crippen LogP contribution in [0.4, 0.5) is 0 Å². The van der Waals surface area contributed by atoms with Gasteiger partial charge in [-0.2, -0.15) is 4.80 Å². The van der Waals surface area contributed by atoms with Crippen LogP contribution in [0.5, 0.6) is 0 Å². The molecule has 16 heavy (non-hydrogen) atoms. The topological polar surface area (TPSA) is 55.6 Å². The van der Waals surface area contributed by atoms with Crippen LogP contribution < -0.4 is 5.32 Å². The Bertz CT molecular complexity index is 316. The molecule has 1 atom stereocenters. The highest BCUT2D eigenvalue weighted by molar-refractivity contribution is 4.80. The van der Waals surface area contributed by atoms with Crippen LogP contribution in [0.2, 0.25) is 0 Å². The zero-order valence-electron chi connectivity index (χ0n) is 10.2. The van der Waals surface area contributed by atoms with E-state index < -0.39 is 0 Å². The van der Waals surface area contributed by atoms with E-state index in [4.69, 9.17) is 0 Å². The first kappa shape index (κ1) is 11.5. The Morgan fingerprint density at radius 2 is 2.12 bits per heavy atom. The standard InChI is InChI=1S/C11H21N5/c1-9(10-6-4-3-5-7-10)12-8-11-13-15-16(2)14-11/h9-10,12H,3-8H2,1-2H3/t9-/m1/s1. The molecule has 1 heterocycles. The van der Waals surface area contributed by atoms with Gasteiger partial charge in [0.15, 0.2) is 5.82 Å². The Kier molecular flexibility index (Phi) is 3.88. The fraction of sp³-hybridized carbons (Fsp3) is 0.909. The summed E-state index contributed by atoms with van der Waals surface area (Å²) in [6.45, 7) is 3.00. The molecule has 0 amide bonds. The molecule has 1 aliphatic carbocycles. The quantitative estimate of drug-likeness (QED) is 0.835. The molecule has 1 aliphatic rings. The van der Waals surface area contributed by atoms with Gasteiger partial charge in [-0.1, -0.05) is 19.3 Å². The third-order valence-corrected chi connectivity index (χ3v) is 3.49. The van der Waals surface area contributed by atoms with Gasteiger partial charge < -0.3 is 5.32 Å². The van der Waals surface area contributed by atoms with Gasteiger partial charge in [0.2, 0.25) is 0 Å². The molecule has 1 aromatic rings. The minimum absolute atomic E-state index is 0.559. The summed E-state index contributed by atoms with van der Waals surface area (Å²) in [6, 6.07) is 0.559. The number of tetrazole rings is 1. The van der Waals surface area contributed by atoms with Crippen LogP contribution in [0.3, 0.4) is 0 Å². The summed E-state index contributed by atoms with van der Waals surface area (Å²) in [5.74, 6) is 1.61. The average molecular weight is 223 g/mol. The average Bonchev–Trinajstić information content (AvgIpc) is 2.73. The predicted molar refractivity (Wildman–Crippen MR) is 61.7 cm³/mol. The smallest absolute Gasteiger partial charge is 0.188 e. The van der Waals surface area contributed by atoms with Gasteiger partial charge in [0.25, 0.3) is 0 Å². The SMILES string of the molecule is C[C@@H](NCc1nnn(C)n1)C1CCCCC1. The lowest BCUT2D eigenvalue weighted by Crippen LogP contribution is -2.34. The Morgan fingerprint density at radius 3 is 2.75 bits per heavy atom. The highest BCUT2D eigenvalue weighted by atomic mass is 15.6. The van der Waals surface area contributed by atoms with Crippen LogP contribution in [0.1, 0.15) is 44.9 Å². The molecule has 0 radical (unpaired) electrons. The van der Waals surface area contributed by atoms with Crippen molar-refractivity contribution in [2.45, 2.75) is 51.6 Å². The molecule has 0 bridgehead atoms. The number of nitrogens with one attached hydrogen (secondary N) is 1. The number of aromatic nitrogens is 4. The second-order valence-electron chi connectivity index (χ2n) is 4.76. The third-order valence-electron chi connectivity index (χ3n) is 3.49. The van der Waals surface area contributed by atoms with Gasteiger partial charge in [0.1, 0.15) is 0 Å². The molecule has 90 valence electrons. The van der Waals surface area contributed by atoms with Crippen LogP contribution in [-0.2, 0) is 13.6 Å². The molecular weight excluding hydrogens is 202 g/mol. The van der Waals surface area contributed by atoms with Gasteiger partial charge in [-0.25, -0.2) is 0 Å². The van der Waals surface area contributed by atoms with E-state index in [1.54, 1.807) is 7.05 Å². The van der Waals surface area contributed by atoms with Crippen molar-refractivity contribution in [3.8, 4) is 0 Å². The maximum Gasteiger partial charge on any atom is 0.188 e. The molecule has 1 saturated carbocycles. The van der Waals surface area contributed by atoms with Gasteiger partial charge in [-0.05, 0) is 30.9 Å². The molecule has 5 nitrogen and oxygen atoms in total. The van der Waals surface area contributed by atoms with Crippen molar-refractivity contribution < 1.29 is 0 Å². The van der Waals surface area contributed by atoms with Crippen molar-refractivity contribution >= 4 is 0 Å². The number of aryl methyl sites for hydroxylation is 1. The van der Waals surface area contributed by atoms with E-state index in [9.17, 15) is 0 Å². The molecule has 0 aromatic carbocycles. The van der Waals surface area contributed by atoms with E-state index in [0.717, 1.165) is 18.3 Å². The van der Waals surface area contributed by atoms with Crippen LogP contribution in [0, 0.1) is 5.92 Å². The number of nitrogens with zero attached hydrogens (tertiary/aromatic N) is 4. The maximum atomic E-state index is 4.16. The van der Waals surface area contributed by atoms with Crippen LogP contribution in [0.25, 0.3) is 0 Å². The molecule has 5 heteroatoms. The van der Waals surface area contributed by atoms with Crippen molar-refractivity contribution in [3.63, 3.8) is 0 Å². The first-order valence-corrected chi connectivity index (χ1v) is 6.22. The van der Waals surface area contributed by atoms with E-state index in [-0.39, 0.29) is 0 Å². The second-order valence-corrected chi connectivity index (χ2v) is 4.76. The second kappa shape index (κ2) is 5.39. The Morgan fingerprint density at radius 1 is 1.38 bits per heavy atom. The lowest BCUT2D eigenvalue weighted by atomic mass is 9.84. The van der Waals surface area contributed by atoms with Crippen molar-refractivity contribution in [2.24, 2.45) is 13.0 Å². The summed E-state index contributed by atoms with van der Waals surface area (Å²) in [6.07, 6.45) is 6.92. The summed E-state index contributed by atoms with van der Waals surface area (Å²) < 4.78 is 0. The van der Waals surface area contributed by atoms with E-state index in [1.165, 1.54) is 36.9 Å². The molecule has 0 unspecified atom stereocenters. The maximum absolute atomic E-state index is 4.16. The van der Waals surface area contributed by atoms with E-state index >= 15 is 0 Å². The minimum atomic E-state index is 0.559. The molecule has 1 aromatic heterocycles. The largest absolute Gasteiger partial charge is 0.307 e. The summed E-state index contributed by atoms with van der Waals surface area (Å²) >= 11 is 0. The lowest BCUT2D eigenvalue weighted by molar-refractivity contribution is 0.279. The third kappa shape index (κ3) is 3.01. The van der Waals surface area contributed by atoms with Gasteiger partial charge in [-0.3, -0.25) is 0 Å².